The summed E-state index contributed by atoms with van der Waals surface area (Å²) in [6, 6.07) is 3.43. The molecule has 4 N–H and O–H groups in total. The second-order valence-corrected chi connectivity index (χ2v) is 3.88. The van der Waals surface area contributed by atoms with E-state index in [1.807, 2.05) is 0 Å². The molecule has 2 amide bonds. The third-order valence-electron chi connectivity index (χ3n) is 2.39. The molecule has 1 rings (SSSR count). The number of hydrogen-bond donors (Lipinski definition) is 3. The van der Waals surface area contributed by atoms with Gasteiger partial charge in [-0.25, -0.2) is 9.18 Å². The van der Waals surface area contributed by atoms with Gasteiger partial charge in [-0.05, 0) is 30.7 Å². The van der Waals surface area contributed by atoms with Gasteiger partial charge in [-0.1, -0.05) is 0 Å². The van der Waals surface area contributed by atoms with Crippen LogP contribution in [0, 0.1) is 5.82 Å². The van der Waals surface area contributed by atoms with E-state index >= 15 is 0 Å². The zero-order valence-electron chi connectivity index (χ0n) is 9.93. The van der Waals surface area contributed by atoms with Crippen LogP contribution in [0.4, 0.5) is 4.39 Å². The summed E-state index contributed by atoms with van der Waals surface area (Å²) in [7, 11) is 0. The second-order valence-electron chi connectivity index (χ2n) is 3.88. The van der Waals surface area contributed by atoms with Crippen LogP contribution < -0.4 is 11.1 Å². The second kappa shape index (κ2) is 6.48. The first-order valence-electron chi connectivity index (χ1n) is 5.47. The summed E-state index contributed by atoms with van der Waals surface area (Å²) in [6.45, 7) is 0. The number of nitrogens with two attached hydrogens (primary N) is 1. The molecule has 6 nitrogen and oxygen atoms in total. The molecule has 0 bridgehead atoms. The molecular formula is C12H13FN2O4. The Morgan fingerprint density at radius 1 is 1.26 bits per heavy atom. The zero-order chi connectivity index (χ0) is 14.4. The van der Waals surface area contributed by atoms with E-state index in [0.717, 1.165) is 12.1 Å². The van der Waals surface area contributed by atoms with Crippen LogP contribution >= 0.6 is 0 Å². The number of rotatable bonds is 6. The van der Waals surface area contributed by atoms with Gasteiger partial charge in [0.25, 0.3) is 5.91 Å². The lowest BCUT2D eigenvalue weighted by Gasteiger charge is -2.13. The summed E-state index contributed by atoms with van der Waals surface area (Å²) < 4.78 is 12.7. The summed E-state index contributed by atoms with van der Waals surface area (Å²) in [5, 5.41) is 11.1. The Labute approximate surface area is 108 Å². The maximum Gasteiger partial charge on any atom is 0.326 e. The van der Waals surface area contributed by atoms with E-state index in [1.165, 1.54) is 12.1 Å². The quantitative estimate of drug-likeness (QED) is 0.688. The van der Waals surface area contributed by atoms with Gasteiger partial charge < -0.3 is 16.2 Å². The lowest BCUT2D eigenvalue weighted by molar-refractivity contribution is -0.139. The van der Waals surface area contributed by atoms with E-state index in [2.05, 4.69) is 5.32 Å². The Morgan fingerprint density at radius 2 is 1.84 bits per heavy atom. The average molecular weight is 268 g/mol. The molecule has 1 aromatic rings. The molecule has 19 heavy (non-hydrogen) atoms. The fourth-order valence-corrected chi connectivity index (χ4v) is 1.39. The van der Waals surface area contributed by atoms with Crippen molar-refractivity contribution in [3.63, 3.8) is 0 Å². The predicted molar refractivity (Wildman–Crippen MR) is 63.7 cm³/mol. The van der Waals surface area contributed by atoms with Crippen LogP contribution in [0.3, 0.4) is 0 Å². The molecule has 0 heterocycles. The van der Waals surface area contributed by atoms with Crippen LogP contribution in [0.5, 0.6) is 0 Å². The summed E-state index contributed by atoms with van der Waals surface area (Å²) in [6.07, 6.45) is -0.252. The van der Waals surface area contributed by atoms with Crippen LogP contribution in [0.25, 0.3) is 0 Å². The maximum atomic E-state index is 12.7. The molecule has 1 atom stereocenters. The van der Waals surface area contributed by atoms with Gasteiger partial charge in [0.2, 0.25) is 5.91 Å². The molecule has 0 saturated carbocycles. The molecule has 0 radical (unpaired) electrons. The monoisotopic (exact) mass is 268 g/mol. The normalized spacial score (nSPS) is 11.6. The lowest BCUT2D eigenvalue weighted by Crippen LogP contribution is -2.41. The summed E-state index contributed by atoms with van der Waals surface area (Å²) >= 11 is 0. The minimum Gasteiger partial charge on any atom is -0.480 e. The van der Waals surface area contributed by atoms with Crippen molar-refractivity contribution in [2.24, 2.45) is 5.73 Å². The van der Waals surface area contributed by atoms with Crippen molar-refractivity contribution in [1.82, 2.24) is 5.32 Å². The topological polar surface area (TPSA) is 109 Å². The van der Waals surface area contributed by atoms with E-state index in [9.17, 15) is 18.8 Å². The Balaban J connectivity index is 2.68. The Kier molecular flexibility index (Phi) is 4.99. The molecule has 1 aromatic carbocycles. The number of aliphatic carboxylic acids is 1. The van der Waals surface area contributed by atoms with Gasteiger partial charge in [-0.15, -0.1) is 0 Å². The highest BCUT2D eigenvalue weighted by atomic mass is 19.1. The molecule has 7 heteroatoms. The number of nitrogens with one attached hydrogen (secondary N) is 1. The van der Waals surface area contributed by atoms with E-state index < -0.39 is 29.6 Å². The van der Waals surface area contributed by atoms with E-state index in [4.69, 9.17) is 10.8 Å². The SMILES string of the molecule is NC(=O)CC[C@@H](NC(=O)c1ccc(F)cc1)C(=O)O. The maximum absolute atomic E-state index is 12.7. The summed E-state index contributed by atoms with van der Waals surface area (Å²) in [5.41, 5.74) is 5.04. The Hall–Kier alpha value is -2.44. The standard InChI is InChI=1S/C12H13FN2O4/c13-8-3-1-7(2-4-8)11(17)15-9(12(18)19)5-6-10(14)16/h1-4,9H,5-6H2,(H2,14,16)(H,15,17)(H,18,19)/t9-/m1/s1. The first-order chi connectivity index (χ1) is 8.90. The van der Waals surface area contributed by atoms with Crippen LogP contribution in [0.2, 0.25) is 0 Å². The number of carboxylic acids is 1. The first-order valence-corrected chi connectivity index (χ1v) is 5.47. The van der Waals surface area contributed by atoms with Crippen LogP contribution in [0.1, 0.15) is 23.2 Å². The molecule has 0 aliphatic carbocycles. The van der Waals surface area contributed by atoms with Crippen molar-refractivity contribution in [2.45, 2.75) is 18.9 Å². The number of primary amides is 1. The first kappa shape index (κ1) is 14.6. The molecule has 0 spiro atoms. The number of carboxylic acid groups (broad SMARTS) is 1. The van der Waals surface area contributed by atoms with Gasteiger partial charge in [-0.2, -0.15) is 0 Å². The molecule has 102 valence electrons. The predicted octanol–water partition coefficient (Wildman–Crippen LogP) is 0.274. The number of halogens is 1. The number of carbonyl (C=O) groups excluding carboxylic acids is 2. The van der Waals surface area contributed by atoms with E-state index in [1.54, 1.807) is 0 Å². The fraction of sp³-hybridized carbons (Fsp3) is 0.250. The van der Waals surface area contributed by atoms with Gasteiger partial charge in [0.1, 0.15) is 11.9 Å². The van der Waals surface area contributed by atoms with Crippen molar-refractivity contribution in [2.75, 3.05) is 0 Å². The highest BCUT2D eigenvalue weighted by Crippen LogP contribution is 2.04. The molecular weight excluding hydrogens is 255 g/mol. The largest absolute Gasteiger partial charge is 0.480 e. The van der Waals surface area contributed by atoms with E-state index in [0.29, 0.717) is 0 Å². The zero-order valence-corrected chi connectivity index (χ0v) is 9.93. The smallest absolute Gasteiger partial charge is 0.326 e. The number of hydrogen-bond acceptors (Lipinski definition) is 3. The number of carbonyl (C=O) groups is 3. The third kappa shape index (κ3) is 4.74. The van der Waals surface area contributed by atoms with Crippen molar-refractivity contribution in [1.29, 1.82) is 0 Å². The van der Waals surface area contributed by atoms with Crippen molar-refractivity contribution < 1.29 is 23.9 Å². The molecule has 0 aromatic heterocycles. The van der Waals surface area contributed by atoms with Crippen molar-refractivity contribution in [3.05, 3.63) is 35.6 Å². The van der Waals surface area contributed by atoms with Gasteiger partial charge in [0.15, 0.2) is 0 Å². The molecule has 0 saturated heterocycles. The van der Waals surface area contributed by atoms with Crippen LogP contribution in [0.15, 0.2) is 24.3 Å². The number of amides is 2. The summed E-state index contributed by atoms with van der Waals surface area (Å²) in [5.74, 6) is -3.07. The minimum absolute atomic E-state index is 0.0996. The van der Waals surface area contributed by atoms with Gasteiger partial charge in [0, 0.05) is 12.0 Å². The van der Waals surface area contributed by atoms with Gasteiger partial charge in [0.05, 0.1) is 0 Å². The Morgan fingerprint density at radius 3 is 2.32 bits per heavy atom. The molecule has 0 fully saturated rings. The average Bonchev–Trinajstić information content (AvgIpc) is 2.34. The molecule has 0 aliphatic heterocycles. The van der Waals surface area contributed by atoms with E-state index in [-0.39, 0.29) is 18.4 Å². The third-order valence-corrected chi connectivity index (χ3v) is 2.39. The van der Waals surface area contributed by atoms with Gasteiger partial charge >= 0.3 is 5.97 Å². The van der Waals surface area contributed by atoms with Gasteiger partial charge in [-0.3, -0.25) is 9.59 Å². The van der Waals surface area contributed by atoms with Crippen molar-refractivity contribution in [3.8, 4) is 0 Å². The fourth-order valence-electron chi connectivity index (χ4n) is 1.39. The molecule has 0 unspecified atom stereocenters. The Bertz CT molecular complexity index is 487. The van der Waals surface area contributed by atoms with Crippen LogP contribution in [-0.2, 0) is 9.59 Å². The number of benzene rings is 1. The highest BCUT2D eigenvalue weighted by molar-refractivity contribution is 5.96. The minimum atomic E-state index is -1.27. The van der Waals surface area contributed by atoms with Crippen LogP contribution in [-0.4, -0.2) is 28.9 Å². The molecule has 0 aliphatic rings. The van der Waals surface area contributed by atoms with Crippen molar-refractivity contribution >= 4 is 17.8 Å². The summed E-state index contributed by atoms with van der Waals surface area (Å²) in [4.78, 5) is 33.2. The lowest BCUT2D eigenvalue weighted by atomic mass is 10.1. The highest BCUT2D eigenvalue weighted by Gasteiger charge is 2.21.